The van der Waals surface area contributed by atoms with E-state index in [1.165, 1.54) is 11.1 Å². The van der Waals surface area contributed by atoms with Crippen LogP contribution in [-0.4, -0.2) is 5.11 Å². The minimum atomic E-state index is 0.191. The summed E-state index contributed by atoms with van der Waals surface area (Å²) < 4.78 is 1.97. The van der Waals surface area contributed by atoms with E-state index >= 15 is 0 Å². The Labute approximate surface area is 109 Å². The fraction of sp³-hybridized carbons (Fsp3) is 0.312. The summed E-state index contributed by atoms with van der Waals surface area (Å²) in [7, 11) is 0. The van der Waals surface area contributed by atoms with Crippen LogP contribution in [0.5, 0.6) is 5.75 Å². The van der Waals surface area contributed by atoms with E-state index in [9.17, 15) is 5.11 Å². The lowest BCUT2D eigenvalue weighted by atomic mass is 9.87. The second-order valence-electron chi connectivity index (χ2n) is 5.68. The normalized spacial score (nSPS) is 11.5. The third kappa shape index (κ3) is 3.10. The van der Waals surface area contributed by atoms with Crippen LogP contribution in [0.1, 0.15) is 31.9 Å². The number of rotatable bonds is 2. The molecule has 0 unspecified atom stereocenters. The molecule has 0 amide bonds. The summed E-state index contributed by atoms with van der Waals surface area (Å²) in [5, 5.41) is 9.42. The van der Waals surface area contributed by atoms with Crippen LogP contribution in [0, 0.1) is 0 Å². The second-order valence-corrected chi connectivity index (χ2v) is 5.68. The monoisotopic (exact) mass is 242 g/mol. The van der Waals surface area contributed by atoms with Gasteiger partial charge in [-0.2, -0.15) is 4.57 Å². The van der Waals surface area contributed by atoms with Gasteiger partial charge in [-0.05, 0) is 17.0 Å². The Hall–Kier alpha value is -1.83. The Morgan fingerprint density at radius 1 is 1.06 bits per heavy atom. The van der Waals surface area contributed by atoms with Crippen LogP contribution < -0.4 is 4.57 Å². The van der Waals surface area contributed by atoms with Gasteiger partial charge in [-0.25, -0.2) is 0 Å². The molecule has 0 atom stereocenters. The van der Waals surface area contributed by atoms with Crippen molar-refractivity contribution in [2.45, 2.75) is 32.7 Å². The summed E-state index contributed by atoms with van der Waals surface area (Å²) >= 11 is 0. The Bertz CT molecular complexity index is 524. The molecule has 0 spiro atoms. The molecule has 1 aromatic carbocycles. The lowest BCUT2D eigenvalue weighted by Gasteiger charge is -2.18. The molecule has 0 saturated heterocycles. The molecule has 0 fully saturated rings. The maximum absolute atomic E-state index is 9.42. The van der Waals surface area contributed by atoms with Crippen LogP contribution in [-0.2, 0) is 12.0 Å². The summed E-state index contributed by atoms with van der Waals surface area (Å²) in [5.41, 5.74) is 2.77. The molecule has 18 heavy (non-hydrogen) atoms. The number of aromatic hydroxyl groups is 1. The standard InChI is InChI=1S/C16H19NO/c1-16(2,3)14-8-6-13(7-9-14)11-17-10-4-5-15(18)12-17/h4-10,12H,11H2,1-3H3/p+1. The Morgan fingerprint density at radius 2 is 1.72 bits per heavy atom. The zero-order valence-corrected chi connectivity index (χ0v) is 11.2. The average Bonchev–Trinajstić information content (AvgIpc) is 2.28. The number of hydrogen-bond acceptors (Lipinski definition) is 1. The van der Waals surface area contributed by atoms with Gasteiger partial charge in [-0.3, -0.25) is 0 Å². The molecule has 1 aromatic heterocycles. The highest BCUT2D eigenvalue weighted by Crippen LogP contribution is 2.22. The predicted octanol–water partition coefficient (Wildman–Crippen LogP) is 3.03. The minimum Gasteiger partial charge on any atom is -0.503 e. The van der Waals surface area contributed by atoms with Crippen molar-refractivity contribution in [3.63, 3.8) is 0 Å². The third-order valence-electron chi connectivity index (χ3n) is 3.03. The summed E-state index contributed by atoms with van der Waals surface area (Å²) in [6.45, 7) is 7.42. The molecule has 0 aliphatic rings. The maximum atomic E-state index is 9.42. The van der Waals surface area contributed by atoms with Crippen molar-refractivity contribution < 1.29 is 9.67 Å². The smallest absolute Gasteiger partial charge is 0.211 e. The topological polar surface area (TPSA) is 24.1 Å². The van der Waals surface area contributed by atoms with E-state index in [1.54, 1.807) is 12.3 Å². The summed E-state index contributed by atoms with van der Waals surface area (Å²) in [4.78, 5) is 0. The zero-order valence-electron chi connectivity index (χ0n) is 11.2. The summed E-state index contributed by atoms with van der Waals surface area (Å²) in [5.74, 6) is 0.295. The Morgan fingerprint density at radius 3 is 2.28 bits per heavy atom. The summed E-state index contributed by atoms with van der Waals surface area (Å²) in [6.07, 6.45) is 3.69. The van der Waals surface area contributed by atoms with Crippen LogP contribution in [0.4, 0.5) is 0 Å². The molecule has 94 valence electrons. The molecule has 0 bridgehead atoms. The number of benzene rings is 1. The van der Waals surface area contributed by atoms with Crippen LogP contribution in [0.15, 0.2) is 48.8 Å². The van der Waals surface area contributed by atoms with Crippen molar-refractivity contribution in [2.24, 2.45) is 0 Å². The highest BCUT2D eigenvalue weighted by Gasteiger charge is 2.13. The van der Waals surface area contributed by atoms with Gasteiger partial charge >= 0.3 is 0 Å². The van der Waals surface area contributed by atoms with Gasteiger partial charge in [0.15, 0.2) is 18.5 Å². The molecule has 0 aliphatic heterocycles. The Balaban J connectivity index is 2.16. The fourth-order valence-corrected chi connectivity index (χ4v) is 1.93. The predicted molar refractivity (Wildman–Crippen MR) is 72.5 cm³/mol. The molecule has 0 saturated carbocycles. The molecule has 1 N–H and O–H groups in total. The number of nitrogens with zero attached hydrogens (tertiary/aromatic N) is 1. The first-order valence-corrected chi connectivity index (χ1v) is 6.23. The van der Waals surface area contributed by atoms with Crippen molar-refractivity contribution in [3.05, 3.63) is 59.9 Å². The first kappa shape index (κ1) is 12.6. The van der Waals surface area contributed by atoms with E-state index in [-0.39, 0.29) is 5.41 Å². The molecule has 2 heteroatoms. The fourth-order valence-electron chi connectivity index (χ4n) is 1.93. The lowest BCUT2D eigenvalue weighted by molar-refractivity contribution is -0.688. The van der Waals surface area contributed by atoms with Gasteiger partial charge in [-0.1, -0.05) is 45.0 Å². The van der Waals surface area contributed by atoms with Crippen LogP contribution in [0.3, 0.4) is 0 Å². The Kier molecular flexibility index (Phi) is 3.37. The van der Waals surface area contributed by atoms with E-state index in [0.29, 0.717) is 5.75 Å². The molecule has 2 aromatic rings. The first-order valence-electron chi connectivity index (χ1n) is 6.23. The summed E-state index contributed by atoms with van der Waals surface area (Å²) in [6, 6.07) is 12.2. The highest BCUT2D eigenvalue weighted by molar-refractivity contribution is 5.27. The lowest BCUT2D eigenvalue weighted by Crippen LogP contribution is -2.32. The SMILES string of the molecule is CC(C)(C)c1ccc(C[n+]2cccc(O)c2)cc1. The highest BCUT2D eigenvalue weighted by atomic mass is 16.3. The van der Waals surface area contributed by atoms with Gasteiger partial charge in [0.1, 0.15) is 0 Å². The molecule has 2 rings (SSSR count). The average molecular weight is 242 g/mol. The molecule has 0 radical (unpaired) electrons. The largest absolute Gasteiger partial charge is 0.503 e. The quantitative estimate of drug-likeness (QED) is 0.804. The van der Waals surface area contributed by atoms with Crippen LogP contribution in [0.25, 0.3) is 0 Å². The van der Waals surface area contributed by atoms with Gasteiger partial charge in [0.2, 0.25) is 6.20 Å². The zero-order chi connectivity index (χ0) is 13.2. The maximum Gasteiger partial charge on any atom is 0.211 e. The van der Waals surface area contributed by atoms with Crippen molar-refractivity contribution in [3.8, 4) is 5.75 Å². The number of aromatic nitrogens is 1. The van der Waals surface area contributed by atoms with Crippen molar-refractivity contribution >= 4 is 0 Å². The van der Waals surface area contributed by atoms with Gasteiger partial charge in [0.05, 0.1) is 0 Å². The first-order chi connectivity index (χ1) is 8.45. The third-order valence-corrected chi connectivity index (χ3v) is 3.03. The number of hydrogen-bond donors (Lipinski definition) is 1. The number of pyridine rings is 1. The van der Waals surface area contributed by atoms with E-state index in [1.807, 2.05) is 16.8 Å². The van der Waals surface area contributed by atoms with E-state index in [4.69, 9.17) is 0 Å². The van der Waals surface area contributed by atoms with E-state index in [2.05, 4.69) is 45.0 Å². The molecule has 2 nitrogen and oxygen atoms in total. The van der Waals surface area contributed by atoms with Crippen molar-refractivity contribution in [1.82, 2.24) is 0 Å². The van der Waals surface area contributed by atoms with E-state index in [0.717, 1.165) is 6.54 Å². The van der Waals surface area contributed by atoms with Crippen molar-refractivity contribution in [2.75, 3.05) is 0 Å². The molecule has 1 heterocycles. The second kappa shape index (κ2) is 4.81. The van der Waals surface area contributed by atoms with Gasteiger partial charge in [-0.15, -0.1) is 0 Å². The van der Waals surface area contributed by atoms with Crippen LogP contribution in [0.2, 0.25) is 0 Å². The minimum absolute atomic E-state index is 0.191. The van der Waals surface area contributed by atoms with Gasteiger partial charge in [0.25, 0.3) is 0 Å². The van der Waals surface area contributed by atoms with Gasteiger partial charge < -0.3 is 5.11 Å². The molecule has 0 aliphatic carbocycles. The molecular formula is C16H20NO+. The van der Waals surface area contributed by atoms with E-state index < -0.39 is 0 Å². The van der Waals surface area contributed by atoms with Gasteiger partial charge in [0, 0.05) is 11.6 Å². The molecular weight excluding hydrogens is 222 g/mol. The van der Waals surface area contributed by atoms with Crippen molar-refractivity contribution in [1.29, 1.82) is 0 Å². The van der Waals surface area contributed by atoms with Crippen LogP contribution >= 0.6 is 0 Å².